The van der Waals surface area contributed by atoms with Gasteiger partial charge in [0.1, 0.15) is 24.4 Å². The first-order chi connectivity index (χ1) is 21.2. The molecule has 7 fully saturated rings. The predicted octanol–water partition coefficient (Wildman–Crippen LogP) is 2.26. The van der Waals surface area contributed by atoms with Crippen LogP contribution in [0.3, 0.4) is 0 Å². The summed E-state index contributed by atoms with van der Waals surface area (Å²) in [4.78, 5) is 0. The predicted molar refractivity (Wildman–Crippen MR) is 167 cm³/mol. The molecular formula is C36H60O10. The second-order valence-corrected chi connectivity index (χ2v) is 18.7. The summed E-state index contributed by atoms with van der Waals surface area (Å²) in [6, 6.07) is 0. The Morgan fingerprint density at radius 1 is 0.783 bits per heavy atom. The molecule has 0 aromatic heterocycles. The summed E-state index contributed by atoms with van der Waals surface area (Å²) in [6.07, 6.45) is -0.708. The third-order valence-electron chi connectivity index (χ3n) is 15.9. The zero-order valence-corrected chi connectivity index (χ0v) is 28.9. The van der Waals surface area contributed by atoms with E-state index in [1.807, 2.05) is 13.8 Å². The molecule has 5 saturated carbocycles. The van der Waals surface area contributed by atoms with Crippen molar-refractivity contribution >= 4 is 0 Å². The van der Waals surface area contributed by atoms with E-state index in [9.17, 15) is 35.7 Å². The fraction of sp³-hybridized carbons (Fsp3) is 1.00. The first kappa shape index (κ1) is 34.1. The summed E-state index contributed by atoms with van der Waals surface area (Å²) in [5, 5.41) is 75.9. The summed E-state index contributed by atoms with van der Waals surface area (Å²) in [5.74, 6) is 0.176. The number of hydrogen-bond acceptors (Lipinski definition) is 10. The Bertz CT molecular complexity index is 1200. The summed E-state index contributed by atoms with van der Waals surface area (Å²) >= 11 is 0. The molecule has 2 spiro atoms. The highest BCUT2D eigenvalue weighted by molar-refractivity contribution is 5.33. The van der Waals surface area contributed by atoms with Crippen LogP contribution in [0, 0.1) is 44.8 Å². The van der Waals surface area contributed by atoms with Crippen molar-refractivity contribution in [1.82, 2.24) is 0 Å². The minimum atomic E-state index is -1.50. The average molecular weight is 653 g/mol. The van der Waals surface area contributed by atoms with Crippen LogP contribution in [0.25, 0.3) is 0 Å². The number of ether oxygens (including phenoxy) is 3. The monoisotopic (exact) mass is 652 g/mol. The first-order valence-corrected chi connectivity index (χ1v) is 17.9. The SMILES string of the molecule is CC(C)(O)[C@H]1CC[C@@](C)([C@H]2[C@@H](O)C[C@@]3(C)[C@@H]4C[C@H](O)C5C(C)(C)[C@@H](O[C@@H]6O[C@H](CO)[C@@H](O)[C@H](O)[C@H]6O)CC[C@@]56C[C@@]46CC[C@]23C)O1. The van der Waals surface area contributed by atoms with E-state index in [4.69, 9.17) is 14.2 Å². The summed E-state index contributed by atoms with van der Waals surface area (Å²) in [5.41, 5.74) is -2.26. The number of fused-ring (bicyclic) bond motifs is 2. The van der Waals surface area contributed by atoms with Gasteiger partial charge in [0.25, 0.3) is 0 Å². The molecule has 0 aromatic carbocycles. The van der Waals surface area contributed by atoms with Crippen LogP contribution in [0.1, 0.15) is 106 Å². The molecule has 2 saturated heterocycles. The highest BCUT2D eigenvalue weighted by Crippen LogP contribution is 2.89. The molecule has 1 unspecified atom stereocenters. The summed E-state index contributed by atoms with van der Waals surface area (Å²) in [6.45, 7) is 14.3. The lowest BCUT2D eigenvalue weighted by Gasteiger charge is -2.64. The Kier molecular flexibility index (Phi) is 7.65. The van der Waals surface area contributed by atoms with Crippen LogP contribution in [-0.2, 0) is 14.2 Å². The van der Waals surface area contributed by atoms with Gasteiger partial charge in [0.2, 0.25) is 0 Å². The van der Waals surface area contributed by atoms with Gasteiger partial charge in [-0.25, -0.2) is 0 Å². The quantitative estimate of drug-likeness (QED) is 0.219. The van der Waals surface area contributed by atoms with Gasteiger partial charge >= 0.3 is 0 Å². The second-order valence-electron chi connectivity index (χ2n) is 18.7. The molecule has 46 heavy (non-hydrogen) atoms. The van der Waals surface area contributed by atoms with Crippen molar-refractivity contribution < 1.29 is 50.0 Å². The average Bonchev–Trinajstić information content (AvgIpc) is 3.31. The molecule has 5 aliphatic carbocycles. The minimum Gasteiger partial charge on any atom is -0.394 e. The summed E-state index contributed by atoms with van der Waals surface area (Å²) in [7, 11) is 0. The second kappa shape index (κ2) is 10.3. The molecule has 7 aliphatic rings. The van der Waals surface area contributed by atoms with Gasteiger partial charge in [0, 0.05) is 5.92 Å². The van der Waals surface area contributed by atoms with Gasteiger partial charge in [-0.15, -0.1) is 0 Å². The van der Waals surface area contributed by atoms with E-state index in [-0.39, 0.29) is 51.6 Å². The van der Waals surface area contributed by atoms with Crippen molar-refractivity contribution in [1.29, 1.82) is 0 Å². The highest BCUT2D eigenvalue weighted by atomic mass is 16.7. The molecule has 10 heteroatoms. The van der Waals surface area contributed by atoms with Crippen LogP contribution in [0.5, 0.6) is 0 Å². The van der Waals surface area contributed by atoms with Gasteiger partial charge in [0.15, 0.2) is 6.29 Å². The van der Waals surface area contributed by atoms with Crippen LogP contribution >= 0.6 is 0 Å². The lowest BCUT2D eigenvalue weighted by molar-refractivity contribution is -0.329. The van der Waals surface area contributed by atoms with Crippen LogP contribution in [0.4, 0.5) is 0 Å². The van der Waals surface area contributed by atoms with E-state index in [1.165, 1.54) is 0 Å². The molecule has 0 radical (unpaired) electrons. The molecule has 7 N–H and O–H groups in total. The zero-order valence-electron chi connectivity index (χ0n) is 28.9. The molecule has 0 aromatic rings. The van der Waals surface area contributed by atoms with Crippen LogP contribution in [-0.4, -0.2) is 109 Å². The standard InChI is InChI=1S/C36H60O10/c1-30(2)22(45-29-26(42)25(41)24(40)20(16-37)44-29)9-11-36-17-35(36)13-12-32(5)28(34(7)10-8-23(46-34)31(3,4)43)19(39)15-33(32,6)21(35)14-18(38)27(30)36/h18-29,37-43H,8-17H2,1-7H3/t18-,19-,20+,21-,22-,23+,24+,25-,26+,27?,28-,29-,32+,33-,34-,35-,36+/m0/s1. The fourth-order valence-corrected chi connectivity index (χ4v) is 13.7. The first-order valence-electron chi connectivity index (χ1n) is 17.9. The summed E-state index contributed by atoms with van der Waals surface area (Å²) < 4.78 is 18.8. The molecule has 2 heterocycles. The third-order valence-corrected chi connectivity index (χ3v) is 15.9. The zero-order chi connectivity index (χ0) is 33.6. The van der Waals surface area contributed by atoms with Gasteiger partial charge in [-0.3, -0.25) is 0 Å². The normalized spacial score (nSPS) is 59.3. The van der Waals surface area contributed by atoms with E-state index in [0.717, 1.165) is 38.5 Å². The molecule has 0 amide bonds. The lowest BCUT2D eigenvalue weighted by atomic mass is 9.41. The number of hydrogen-bond donors (Lipinski definition) is 7. The Morgan fingerprint density at radius 2 is 1.48 bits per heavy atom. The number of rotatable bonds is 5. The lowest BCUT2D eigenvalue weighted by Crippen LogP contribution is -2.64. The maximum absolute atomic E-state index is 12.2. The molecule has 17 atom stereocenters. The van der Waals surface area contributed by atoms with Crippen molar-refractivity contribution in [2.45, 2.75) is 173 Å². The van der Waals surface area contributed by atoms with Crippen LogP contribution < -0.4 is 0 Å². The number of aliphatic hydroxyl groups excluding tert-OH is 6. The Labute approximate surface area is 273 Å². The van der Waals surface area contributed by atoms with E-state index in [1.54, 1.807) is 0 Å². The van der Waals surface area contributed by atoms with E-state index in [0.29, 0.717) is 19.3 Å². The molecule has 7 rings (SSSR count). The molecule has 264 valence electrons. The van der Waals surface area contributed by atoms with Gasteiger partial charge in [-0.1, -0.05) is 27.7 Å². The highest BCUT2D eigenvalue weighted by Gasteiger charge is 2.85. The largest absolute Gasteiger partial charge is 0.394 e. The molecule has 10 nitrogen and oxygen atoms in total. The minimum absolute atomic E-state index is 0.0295. The maximum Gasteiger partial charge on any atom is 0.186 e. The Morgan fingerprint density at radius 3 is 2.11 bits per heavy atom. The van der Waals surface area contributed by atoms with Crippen molar-refractivity contribution in [3.8, 4) is 0 Å². The van der Waals surface area contributed by atoms with E-state index < -0.39 is 66.1 Å². The van der Waals surface area contributed by atoms with Crippen molar-refractivity contribution in [2.75, 3.05) is 6.61 Å². The van der Waals surface area contributed by atoms with E-state index >= 15 is 0 Å². The van der Waals surface area contributed by atoms with Crippen molar-refractivity contribution in [2.24, 2.45) is 44.8 Å². The van der Waals surface area contributed by atoms with Crippen LogP contribution in [0.15, 0.2) is 0 Å². The fourth-order valence-electron chi connectivity index (χ4n) is 13.7. The smallest absolute Gasteiger partial charge is 0.186 e. The topological polar surface area (TPSA) is 169 Å². The Balaban J connectivity index is 1.15. The maximum atomic E-state index is 12.2. The van der Waals surface area contributed by atoms with Gasteiger partial charge in [-0.2, -0.15) is 0 Å². The van der Waals surface area contributed by atoms with Crippen LogP contribution in [0.2, 0.25) is 0 Å². The third kappa shape index (κ3) is 4.24. The number of aliphatic hydroxyl groups is 7. The molecule has 2 aliphatic heterocycles. The van der Waals surface area contributed by atoms with Gasteiger partial charge in [0.05, 0.1) is 42.2 Å². The van der Waals surface area contributed by atoms with Crippen molar-refractivity contribution in [3.05, 3.63) is 0 Å². The van der Waals surface area contributed by atoms with Gasteiger partial charge in [-0.05, 0) is 117 Å². The Hall–Kier alpha value is -0.400. The molecule has 0 bridgehead atoms. The van der Waals surface area contributed by atoms with Crippen molar-refractivity contribution in [3.63, 3.8) is 0 Å². The molecular weight excluding hydrogens is 592 g/mol. The van der Waals surface area contributed by atoms with Gasteiger partial charge < -0.3 is 50.0 Å². The van der Waals surface area contributed by atoms with E-state index in [2.05, 4.69) is 34.6 Å².